The van der Waals surface area contributed by atoms with E-state index in [0.717, 1.165) is 6.42 Å². The van der Waals surface area contributed by atoms with Crippen LogP contribution < -0.4 is 5.32 Å². The maximum Gasteiger partial charge on any atom is 0.182 e. The highest BCUT2D eigenvalue weighted by Crippen LogP contribution is 2.06. The molecule has 1 atom stereocenters. The molecular weight excluding hydrogens is 192 g/mol. The van der Waals surface area contributed by atoms with Crippen LogP contribution in [0, 0.1) is 11.3 Å². The Morgan fingerprint density at radius 1 is 1.53 bits per heavy atom. The molecule has 1 heterocycles. The molecule has 0 aliphatic carbocycles. The molecule has 0 saturated carbocycles. The van der Waals surface area contributed by atoms with Crippen LogP contribution in [0.2, 0.25) is 0 Å². The first kappa shape index (κ1) is 11.4. The predicted octanol–water partition coefficient (Wildman–Crippen LogP) is 0.921. The maximum atomic E-state index is 9.32. The van der Waals surface area contributed by atoms with E-state index in [0.29, 0.717) is 18.8 Å². The number of nitrogens with zero attached hydrogens (tertiary/aromatic N) is 3. The Balaban J connectivity index is 2.47. The summed E-state index contributed by atoms with van der Waals surface area (Å²) in [6.45, 7) is 2.51. The average molecular weight is 206 g/mol. The molecule has 0 fully saturated rings. The molecule has 1 rings (SSSR count). The third-order valence-electron chi connectivity index (χ3n) is 2.05. The lowest BCUT2D eigenvalue weighted by atomic mass is 10.2. The Bertz CT molecular complexity index is 348. The molecule has 1 unspecified atom stereocenters. The number of anilines is 1. The third-order valence-corrected chi connectivity index (χ3v) is 2.05. The van der Waals surface area contributed by atoms with Crippen molar-refractivity contribution < 1.29 is 5.11 Å². The van der Waals surface area contributed by atoms with Crippen LogP contribution in [0.3, 0.4) is 0 Å². The summed E-state index contributed by atoms with van der Waals surface area (Å²) in [5.74, 6) is 0.475. The highest BCUT2D eigenvalue weighted by atomic mass is 16.3. The second-order valence-electron chi connectivity index (χ2n) is 3.14. The first-order chi connectivity index (χ1) is 7.27. The van der Waals surface area contributed by atoms with E-state index in [9.17, 15) is 5.11 Å². The molecule has 80 valence electrons. The number of aliphatic hydroxyl groups excluding tert-OH is 1. The van der Waals surface area contributed by atoms with Gasteiger partial charge >= 0.3 is 0 Å². The van der Waals surface area contributed by atoms with Crippen molar-refractivity contribution >= 4 is 5.82 Å². The lowest BCUT2D eigenvalue weighted by molar-refractivity contribution is 0.164. The minimum Gasteiger partial charge on any atom is -0.393 e. The topological polar surface area (TPSA) is 81.8 Å². The molecule has 2 N–H and O–H groups in total. The first-order valence-corrected chi connectivity index (χ1v) is 4.91. The van der Waals surface area contributed by atoms with Crippen LogP contribution in [0.4, 0.5) is 5.82 Å². The normalized spacial score (nSPS) is 11.8. The molecule has 0 amide bonds. The standard InChI is InChI=1S/C10H14N4O/c1-2-8(15)3-4-13-10-9(7-11)12-5-6-14-10/h5-6,8,15H,2-4H2,1H3,(H,13,14). The van der Waals surface area contributed by atoms with Gasteiger partial charge in [0.15, 0.2) is 11.5 Å². The molecule has 0 bridgehead atoms. The van der Waals surface area contributed by atoms with Crippen LogP contribution >= 0.6 is 0 Å². The summed E-state index contributed by atoms with van der Waals surface area (Å²) in [5.41, 5.74) is 0.281. The monoisotopic (exact) mass is 206 g/mol. The summed E-state index contributed by atoms with van der Waals surface area (Å²) < 4.78 is 0. The van der Waals surface area contributed by atoms with E-state index in [-0.39, 0.29) is 11.8 Å². The summed E-state index contributed by atoms with van der Waals surface area (Å²) in [4.78, 5) is 7.86. The van der Waals surface area contributed by atoms with Gasteiger partial charge in [0.05, 0.1) is 6.10 Å². The quantitative estimate of drug-likeness (QED) is 0.748. The number of hydrogen-bond donors (Lipinski definition) is 2. The minimum absolute atomic E-state index is 0.281. The fraction of sp³-hybridized carbons (Fsp3) is 0.500. The fourth-order valence-electron chi connectivity index (χ4n) is 1.11. The van der Waals surface area contributed by atoms with Crippen molar-refractivity contribution in [1.82, 2.24) is 9.97 Å². The zero-order valence-electron chi connectivity index (χ0n) is 8.64. The van der Waals surface area contributed by atoms with E-state index in [2.05, 4.69) is 15.3 Å². The lowest BCUT2D eigenvalue weighted by Crippen LogP contribution is -2.13. The van der Waals surface area contributed by atoms with Crippen molar-refractivity contribution in [3.8, 4) is 6.07 Å². The van der Waals surface area contributed by atoms with Crippen LogP contribution in [-0.4, -0.2) is 27.7 Å². The number of aromatic nitrogens is 2. The fourth-order valence-corrected chi connectivity index (χ4v) is 1.11. The number of nitrogens with one attached hydrogen (secondary N) is 1. The summed E-state index contributed by atoms with van der Waals surface area (Å²) in [7, 11) is 0. The Labute approximate surface area is 88.8 Å². The van der Waals surface area contributed by atoms with Gasteiger partial charge in [-0.1, -0.05) is 6.92 Å². The molecule has 5 heteroatoms. The molecule has 1 aromatic heterocycles. The first-order valence-electron chi connectivity index (χ1n) is 4.91. The van der Waals surface area contributed by atoms with Crippen molar-refractivity contribution in [2.45, 2.75) is 25.9 Å². The number of aliphatic hydroxyl groups is 1. The molecular formula is C10H14N4O. The van der Waals surface area contributed by atoms with Gasteiger partial charge < -0.3 is 10.4 Å². The van der Waals surface area contributed by atoms with Gasteiger partial charge in [0.25, 0.3) is 0 Å². The second-order valence-corrected chi connectivity index (χ2v) is 3.14. The van der Waals surface area contributed by atoms with E-state index in [1.165, 1.54) is 12.4 Å². The molecule has 0 radical (unpaired) electrons. The van der Waals surface area contributed by atoms with Crippen LogP contribution in [0.25, 0.3) is 0 Å². The van der Waals surface area contributed by atoms with Crippen LogP contribution in [0.5, 0.6) is 0 Å². The van der Waals surface area contributed by atoms with Crippen molar-refractivity contribution in [3.05, 3.63) is 18.1 Å². The molecule has 5 nitrogen and oxygen atoms in total. The second kappa shape index (κ2) is 5.94. The predicted molar refractivity (Wildman–Crippen MR) is 56.2 cm³/mol. The largest absolute Gasteiger partial charge is 0.393 e. The van der Waals surface area contributed by atoms with E-state index >= 15 is 0 Å². The highest BCUT2D eigenvalue weighted by molar-refractivity contribution is 5.46. The zero-order valence-corrected chi connectivity index (χ0v) is 8.64. The van der Waals surface area contributed by atoms with Crippen molar-refractivity contribution in [2.75, 3.05) is 11.9 Å². The Hall–Kier alpha value is -1.67. The van der Waals surface area contributed by atoms with Gasteiger partial charge in [0.2, 0.25) is 0 Å². The molecule has 15 heavy (non-hydrogen) atoms. The van der Waals surface area contributed by atoms with Crippen LogP contribution in [0.1, 0.15) is 25.5 Å². The smallest absolute Gasteiger partial charge is 0.182 e. The summed E-state index contributed by atoms with van der Waals surface area (Å²) in [6.07, 6.45) is 4.06. The SMILES string of the molecule is CCC(O)CCNc1nccnc1C#N. The minimum atomic E-state index is -0.306. The van der Waals surface area contributed by atoms with Gasteiger partial charge in [-0.25, -0.2) is 9.97 Å². The summed E-state index contributed by atoms with van der Waals surface area (Å²) in [5, 5.41) is 21.0. The average Bonchev–Trinajstić information content (AvgIpc) is 2.29. The molecule has 1 aromatic rings. The Morgan fingerprint density at radius 3 is 2.93 bits per heavy atom. The van der Waals surface area contributed by atoms with E-state index in [1.54, 1.807) is 0 Å². The molecule has 0 aliphatic rings. The Morgan fingerprint density at radius 2 is 2.27 bits per heavy atom. The number of rotatable bonds is 5. The van der Waals surface area contributed by atoms with E-state index in [4.69, 9.17) is 5.26 Å². The van der Waals surface area contributed by atoms with Gasteiger partial charge in [-0.3, -0.25) is 0 Å². The molecule has 0 aliphatic heterocycles. The van der Waals surface area contributed by atoms with Crippen LogP contribution in [-0.2, 0) is 0 Å². The van der Waals surface area contributed by atoms with Crippen molar-refractivity contribution in [3.63, 3.8) is 0 Å². The summed E-state index contributed by atoms with van der Waals surface area (Å²) in [6, 6.07) is 1.95. The van der Waals surface area contributed by atoms with Crippen molar-refractivity contribution in [1.29, 1.82) is 5.26 Å². The van der Waals surface area contributed by atoms with Gasteiger partial charge in [0, 0.05) is 18.9 Å². The van der Waals surface area contributed by atoms with Gasteiger partial charge in [-0.15, -0.1) is 0 Å². The van der Waals surface area contributed by atoms with Crippen molar-refractivity contribution in [2.24, 2.45) is 0 Å². The maximum absolute atomic E-state index is 9.32. The molecule has 0 saturated heterocycles. The van der Waals surface area contributed by atoms with Gasteiger partial charge in [0.1, 0.15) is 6.07 Å². The van der Waals surface area contributed by atoms with E-state index < -0.39 is 0 Å². The van der Waals surface area contributed by atoms with Gasteiger partial charge in [-0.05, 0) is 12.8 Å². The molecule has 0 spiro atoms. The van der Waals surface area contributed by atoms with Crippen LogP contribution in [0.15, 0.2) is 12.4 Å². The number of hydrogen-bond acceptors (Lipinski definition) is 5. The zero-order chi connectivity index (χ0) is 11.1. The lowest BCUT2D eigenvalue weighted by Gasteiger charge is -2.09. The third kappa shape index (κ3) is 3.52. The Kier molecular flexibility index (Phi) is 4.51. The molecule has 0 aromatic carbocycles. The van der Waals surface area contributed by atoms with Gasteiger partial charge in [-0.2, -0.15) is 5.26 Å². The van der Waals surface area contributed by atoms with E-state index in [1.807, 2.05) is 13.0 Å². The number of nitriles is 1. The highest BCUT2D eigenvalue weighted by Gasteiger charge is 2.04. The summed E-state index contributed by atoms with van der Waals surface area (Å²) >= 11 is 0.